The first-order valence-electron chi connectivity index (χ1n) is 7.46. The Morgan fingerprint density at radius 2 is 2.00 bits per heavy atom. The third-order valence-corrected chi connectivity index (χ3v) is 2.86. The second kappa shape index (κ2) is 14.2. The minimum absolute atomic E-state index is 0. The average Bonchev–Trinajstić information content (AvgIpc) is 2.54. The zero-order valence-corrected chi connectivity index (χ0v) is 16.1. The van der Waals surface area contributed by atoms with Gasteiger partial charge in [0.2, 0.25) is 0 Å². The van der Waals surface area contributed by atoms with Gasteiger partial charge in [-0.2, -0.15) is 0 Å². The van der Waals surface area contributed by atoms with Crippen LogP contribution in [0, 0.1) is 12.3 Å². The Kier molecular flexibility index (Phi) is 13.3. The summed E-state index contributed by atoms with van der Waals surface area (Å²) in [5, 5.41) is 6.51. The molecule has 0 fully saturated rings. The zero-order chi connectivity index (χ0) is 16.0. The molecule has 0 heterocycles. The number of terminal acetylenes is 1. The van der Waals surface area contributed by atoms with Gasteiger partial charge in [0, 0.05) is 20.2 Å². The van der Waals surface area contributed by atoms with Crippen molar-refractivity contribution in [3.8, 4) is 18.1 Å². The van der Waals surface area contributed by atoms with E-state index in [1.807, 2.05) is 31.2 Å². The highest BCUT2D eigenvalue weighted by Crippen LogP contribution is 2.12. The maximum atomic E-state index is 5.35. The molecule has 128 valence electrons. The first-order valence-corrected chi connectivity index (χ1v) is 7.46. The average molecular weight is 431 g/mol. The Labute approximate surface area is 156 Å². The van der Waals surface area contributed by atoms with Crippen LogP contribution < -0.4 is 15.4 Å². The zero-order valence-electron chi connectivity index (χ0n) is 13.8. The van der Waals surface area contributed by atoms with Crippen LogP contribution in [0.4, 0.5) is 0 Å². The van der Waals surface area contributed by atoms with Crippen LogP contribution in [0.25, 0.3) is 0 Å². The van der Waals surface area contributed by atoms with Crippen LogP contribution in [-0.2, 0) is 11.2 Å². The van der Waals surface area contributed by atoms with Crippen LogP contribution in [0.1, 0.15) is 12.5 Å². The molecule has 0 aliphatic carbocycles. The summed E-state index contributed by atoms with van der Waals surface area (Å²) in [7, 11) is 1.67. The normalized spacial score (nSPS) is 10.4. The number of halogens is 1. The number of guanidine groups is 1. The number of ether oxygens (including phenoxy) is 2. The largest absolute Gasteiger partial charge is 0.481 e. The molecule has 1 rings (SSSR count). The fourth-order valence-electron chi connectivity index (χ4n) is 1.79. The maximum Gasteiger partial charge on any atom is 0.191 e. The van der Waals surface area contributed by atoms with Crippen molar-refractivity contribution in [3.63, 3.8) is 0 Å². The third kappa shape index (κ3) is 10.0. The molecule has 6 heteroatoms. The molecule has 0 saturated carbocycles. The van der Waals surface area contributed by atoms with E-state index < -0.39 is 0 Å². The monoisotopic (exact) mass is 431 g/mol. The molecule has 0 radical (unpaired) electrons. The maximum absolute atomic E-state index is 5.35. The van der Waals surface area contributed by atoms with Crippen molar-refractivity contribution in [3.05, 3.63) is 29.8 Å². The van der Waals surface area contributed by atoms with Gasteiger partial charge in [0.15, 0.2) is 5.96 Å². The van der Waals surface area contributed by atoms with Crippen LogP contribution in [0.15, 0.2) is 29.3 Å². The Morgan fingerprint density at radius 1 is 1.26 bits per heavy atom. The van der Waals surface area contributed by atoms with Crippen LogP contribution in [0.2, 0.25) is 0 Å². The summed E-state index contributed by atoms with van der Waals surface area (Å²) in [6, 6.07) is 7.96. The van der Waals surface area contributed by atoms with Crippen molar-refractivity contribution in [2.24, 2.45) is 4.99 Å². The van der Waals surface area contributed by atoms with E-state index in [-0.39, 0.29) is 24.0 Å². The number of nitrogens with one attached hydrogen (secondary N) is 2. The lowest BCUT2D eigenvalue weighted by atomic mass is 10.1. The molecule has 0 spiro atoms. The van der Waals surface area contributed by atoms with Gasteiger partial charge in [-0.1, -0.05) is 18.1 Å². The second-order valence-corrected chi connectivity index (χ2v) is 4.57. The summed E-state index contributed by atoms with van der Waals surface area (Å²) in [6.45, 7) is 5.25. The number of hydrogen-bond acceptors (Lipinski definition) is 3. The topological polar surface area (TPSA) is 54.9 Å². The summed E-state index contributed by atoms with van der Waals surface area (Å²) in [5.41, 5.74) is 1.23. The molecular formula is C17H26IN3O2. The highest BCUT2D eigenvalue weighted by atomic mass is 127. The second-order valence-electron chi connectivity index (χ2n) is 4.57. The van der Waals surface area contributed by atoms with E-state index >= 15 is 0 Å². The van der Waals surface area contributed by atoms with E-state index in [4.69, 9.17) is 15.9 Å². The first-order chi connectivity index (χ1) is 10.8. The van der Waals surface area contributed by atoms with E-state index in [0.29, 0.717) is 19.8 Å². The molecule has 5 nitrogen and oxygen atoms in total. The van der Waals surface area contributed by atoms with Gasteiger partial charge < -0.3 is 20.1 Å². The number of nitrogens with zero attached hydrogens (tertiary/aromatic N) is 1. The minimum Gasteiger partial charge on any atom is -0.481 e. The van der Waals surface area contributed by atoms with Crippen LogP contribution >= 0.6 is 24.0 Å². The van der Waals surface area contributed by atoms with E-state index in [0.717, 1.165) is 31.2 Å². The first kappa shape index (κ1) is 21.5. The van der Waals surface area contributed by atoms with Crippen molar-refractivity contribution in [2.45, 2.75) is 13.3 Å². The lowest BCUT2D eigenvalue weighted by Gasteiger charge is -2.11. The number of benzene rings is 1. The van der Waals surface area contributed by atoms with E-state index in [9.17, 15) is 0 Å². The van der Waals surface area contributed by atoms with E-state index in [1.54, 1.807) is 7.11 Å². The molecule has 1 aromatic rings. The number of hydrogen-bond donors (Lipinski definition) is 2. The fraction of sp³-hybridized carbons (Fsp3) is 0.471. The Balaban J connectivity index is 0.00000484. The summed E-state index contributed by atoms with van der Waals surface area (Å²) < 4.78 is 10.3. The lowest BCUT2D eigenvalue weighted by Crippen LogP contribution is -2.38. The van der Waals surface area contributed by atoms with Crippen LogP contribution in [-0.4, -0.2) is 45.9 Å². The van der Waals surface area contributed by atoms with Crippen LogP contribution in [0.5, 0.6) is 5.75 Å². The molecule has 0 bridgehead atoms. The van der Waals surface area contributed by atoms with E-state index in [2.05, 4.69) is 21.5 Å². The highest BCUT2D eigenvalue weighted by molar-refractivity contribution is 14.0. The van der Waals surface area contributed by atoms with Crippen molar-refractivity contribution in [2.75, 3.05) is 40.0 Å². The molecule has 0 aliphatic heterocycles. The van der Waals surface area contributed by atoms with Gasteiger partial charge in [-0.25, -0.2) is 0 Å². The Morgan fingerprint density at radius 3 is 2.61 bits per heavy atom. The molecule has 1 aromatic carbocycles. The minimum atomic E-state index is 0. The quantitative estimate of drug-likeness (QED) is 0.207. The standard InChI is InChI=1S/C17H25N3O2.HI/c1-4-13-22-16-8-6-15(7-9-16)10-11-19-17(18-5-2)20-12-14-21-3;/h1,6-9H,5,10-14H2,2-3H3,(H2,18,19,20);1H. The van der Waals surface area contributed by atoms with Gasteiger partial charge in [0.05, 0.1) is 13.2 Å². The molecule has 0 aromatic heterocycles. The van der Waals surface area contributed by atoms with Gasteiger partial charge in [0.1, 0.15) is 12.4 Å². The molecule has 0 unspecified atom stereocenters. The van der Waals surface area contributed by atoms with Gasteiger partial charge in [-0.05, 0) is 31.0 Å². The van der Waals surface area contributed by atoms with Crippen molar-refractivity contribution >= 4 is 29.9 Å². The number of rotatable bonds is 9. The van der Waals surface area contributed by atoms with Gasteiger partial charge in [-0.3, -0.25) is 4.99 Å². The lowest BCUT2D eigenvalue weighted by molar-refractivity contribution is 0.208. The van der Waals surface area contributed by atoms with Crippen LogP contribution in [0.3, 0.4) is 0 Å². The molecule has 0 atom stereocenters. The highest BCUT2D eigenvalue weighted by Gasteiger charge is 1.98. The Bertz CT molecular complexity index is 484. The Hall–Kier alpha value is -1.46. The summed E-state index contributed by atoms with van der Waals surface area (Å²) in [6.07, 6.45) is 6.07. The fourth-order valence-corrected chi connectivity index (χ4v) is 1.79. The summed E-state index contributed by atoms with van der Waals surface area (Å²) >= 11 is 0. The molecule has 23 heavy (non-hydrogen) atoms. The van der Waals surface area contributed by atoms with Gasteiger partial charge in [-0.15, -0.1) is 30.4 Å². The predicted molar refractivity (Wildman–Crippen MR) is 106 cm³/mol. The summed E-state index contributed by atoms with van der Waals surface area (Å²) in [5.74, 6) is 4.06. The molecule has 0 saturated heterocycles. The number of methoxy groups -OCH3 is 1. The van der Waals surface area contributed by atoms with Crippen molar-refractivity contribution in [1.82, 2.24) is 10.6 Å². The van der Waals surface area contributed by atoms with Crippen molar-refractivity contribution in [1.29, 1.82) is 0 Å². The summed E-state index contributed by atoms with van der Waals surface area (Å²) in [4.78, 5) is 4.41. The third-order valence-electron chi connectivity index (χ3n) is 2.86. The molecule has 2 N–H and O–H groups in total. The molecule has 0 aliphatic rings. The molecule has 0 amide bonds. The SMILES string of the molecule is C#CCOc1ccc(CCNC(=NCCOC)NCC)cc1.I. The predicted octanol–water partition coefficient (Wildman–Crippen LogP) is 2.06. The molecular weight excluding hydrogens is 405 g/mol. The van der Waals surface area contributed by atoms with Crippen molar-refractivity contribution < 1.29 is 9.47 Å². The smallest absolute Gasteiger partial charge is 0.191 e. The van der Waals surface area contributed by atoms with E-state index in [1.165, 1.54) is 5.56 Å². The van der Waals surface area contributed by atoms with Gasteiger partial charge in [0.25, 0.3) is 0 Å². The van der Waals surface area contributed by atoms with Gasteiger partial charge >= 0.3 is 0 Å². The number of aliphatic imine (C=N–C) groups is 1.